The minimum atomic E-state index is -1.07. The fourth-order valence-electron chi connectivity index (χ4n) is 4.13. The van der Waals surface area contributed by atoms with Crippen LogP contribution >= 0.6 is 0 Å². The van der Waals surface area contributed by atoms with Gasteiger partial charge in [0, 0.05) is 43.2 Å². The van der Waals surface area contributed by atoms with E-state index in [9.17, 15) is 14.7 Å². The predicted octanol–water partition coefficient (Wildman–Crippen LogP) is -0.243. The minimum Gasteiger partial charge on any atom is -0.550 e. The van der Waals surface area contributed by atoms with Crippen LogP contribution in [-0.4, -0.2) is 21.7 Å². The molecule has 1 N–H and O–H groups in total. The van der Waals surface area contributed by atoms with Crippen LogP contribution in [0, 0.1) is 30.6 Å². The highest BCUT2D eigenvalue weighted by molar-refractivity contribution is 5.85. The van der Waals surface area contributed by atoms with E-state index in [-0.39, 0.29) is 17.7 Å². The van der Waals surface area contributed by atoms with Crippen molar-refractivity contribution in [2.24, 2.45) is 30.7 Å². The summed E-state index contributed by atoms with van der Waals surface area (Å²) in [4.78, 5) is 23.7. The number of aromatic nitrogens is 2. The Labute approximate surface area is 123 Å². The van der Waals surface area contributed by atoms with Gasteiger partial charge in [0.1, 0.15) is 0 Å². The first kappa shape index (κ1) is 14.1. The first-order valence-corrected chi connectivity index (χ1v) is 7.45. The third-order valence-electron chi connectivity index (χ3n) is 5.06. The molecule has 1 aromatic rings. The molecule has 0 spiro atoms. The van der Waals surface area contributed by atoms with Crippen LogP contribution in [0.3, 0.4) is 0 Å². The summed E-state index contributed by atoms with van der Waals surface area (Å²) >= 11 is 0. The number of aliphatic carboxylic acids is 1. The van der Waals surface area contributed by atoms with Gasteiger partial charge < -0.3 is 15.2 Å². The lowest BCUT2D eigenvalue weighted by atomic mass is 9.78. The first-order valence-electron chi connectivity index (χ1n) is 7.45. The largest absolute Gasteiger partial charge is 0.550 e. The van der Waals surface area contributed by atoms with Gasteiger partial charge in [0.05, 0.1) is 5.69 Å². The Morgan fingerprint density at radius 2 is 2.05 bits per heavy atom. The first-order chi connectivity index (χ1) is 9.97. The summed E-state index contributed by atoms with van der Waals surface area (Å²) in [6.07, 6.45) is 4.59. The maximum absolute atomic E-state index is 12.4. The molecule has 0 radical (unpaired) electrons. The zero-order chi connectivity index (χ0) is 15.1. The normalized spacial score (nSPS) is 30.6. The van der Waals surface area contributed by atoms with Crippen molar-refractivity contribution in [1.29, 1.82) is 0 Å². The Balaban J connectivity index is 1.67. The Bertz CT molecular complexity index is 581. The van der Waals surface area contributed by atoms with Crippen LogP contribution in [0.25, 0.3) is 0 Å². The number of carbonyl (C=O) groups is 2. The molecule has 0 aromatic carbocycles. The van der Waals surface area contributed by atoms with Gasteiger partial charge in [-0.3, -0.25) is 9.48 Å². The summed E-state index contributed by atoms with van der Waals surface area (Å²) in [5, 5.41) is 18.4. The summed E-state index contributed by atoms with van der Waals surface area (Å²) in [5.41, 5.74) is 1.83. The average Bonchev–Trinajstić information content (AvgIpc) is 3.09. The molecular formula is C15H20N3O3-. The number of fused-ring (bicyclic) bond motifs is 2. The lowest BCUT2D eigenvalue weighted by molar-refractivity contribution is -0.314. The molecule has 2 aliphatic carbocycles. The van der Waals surface area contributed by atoms with Crippen molar-refractivity contribution in [3.8, 4) is 0 Å². The second-order valence-electron chi connectivity index (χ2n) is 6.34. The van der Waals surface area contributed by atoms with Gasteiger partial charge in [-0.05, 0) is 38.0 Å². The molecule has 6 nitrogen and oxygen atoms in total. The summed E-state index contributed by atoms with van der Waals surface area (Å²) in [6, 6.07) is 0. The molecule has 1 heterocycles. The predicted molar refractivity (Wildman–Crippen MR) is 72.6 cm³/mol. The standard InChI is InChI=1S/C15H21N3O3/c1-8-11(7-18(2)17-8)6-16-14(19)12-9-3-4-10(5-9)13(12)15(20)21/h7,9-10,12-13H,3-6H2,1-2H3,(H,16,19)(H,20,21)/p-1/t9-,10-,12+,13-/m0/s1. The monoisotopic (exact) mass is 290 g/mol. The molecule has 2 saturated carbocycles. The number of carboxylic acids is 1. The van der Waals surface area contributed by atoms with Gasteiger partial charge in [-0.15, -0.1) is 0 Å². The Morgan fingerprint density at radius 1 is 1.38 bits per heavy atom. The van der Waals surface area contributed by atoms with Crippen LogP contribution in [0.15, 0.2) is 6.20 Å². The number of carboxylic acid groups (broad SMARTS) is 1. The number of rotatable bonds is 4. The zero-order valence-corrected chi connectivity index (χ0v) is 12.3. The molecule has 2 bridgehead atoms. The molecule has 1 aromatic heterocycles. The van der Waals surface area contributed by atoms with Crippen molar-refractivity contribution >= 4 is 11.9 Å². The van der Waals surface area contributed by atoms with Gasteiger partial charge in [0.25, 0.3) is 0 Å². The number of amides is 1. The number of nitrogens with one attached hydrogen (secondary N) is 1. The van der Waals surface area contributed by atoms with Crippen molar-refractivity contribution in [1.82, 2.24) is 15.1 Å². The lowest BCUT2D eigenvalue weighted by Gasteiger charge is -2.30. The summed E-state index contributed by atoms with van der Waals surface area (Å²) in [7, 11) is 1.83. The molecule has 0 aliphatic heterocycles. The van der Waals surface area contributed by atoms with Crippen molar-refractivity contribution < 1.29 is 14.7 Å². The zero-order valence-electron chi connectivity index (χ0n) is 12.3. The Hall–Kier alpha value is -1.85. The average molecular weight is 290 g/mol. The van der Waals surface area contributed by atoms with Gasteiger partial charge >= 0.3 is 0 Å². The molecule has 2 aliphatic rings. The van der Waals surface area contributed by atoms with E-state index >= 15 is 0 Å². The number of nitrogens with zero attached hydrogens (tertiary/aromatic N) is 2. The molecule has 0 unspecified atom stereocenters. The third kappa shape index (κ3) is 2.43. The maximum Gasteiger partial charge on any atom is 0.224 e. The second-order valence-corrected chi connectivity index (χ2v) is 6.34. The van der Waals surface area contributed by atoms with E-state index in [4.69, 9.17) is 0 Å². The van der Waals surface area contributed by atoms with Crippen LogP contribution in [0.5, 0.6) is 0 Å². The highest BCUT2D eigenvalue weighted by Crippen LogP contribution is 2.52. The van der Waals surface area contributed by atoms with Gasteiger partial charge in [0.2, 0.25) is 5.91 Å². The van der Waals surface area contributed by atoms with E-state index in [1.165, 1.54) is 0 Å². The molecule has 0 saturated heterocycles. The fraction of sp³-hybridized carbons (Fsp3) is 0.667. The summed E-state index contributed by atoms with van der Waals surface area (Å²) in [5.74, 6) is -1.94. The molecule has 2 fully saturated rings. The topological polar surface area (TPSA) is 87.0 Å². The molecule has 21 heavy (non-hydrogen) atoms. The van der Waals surface area contributed by atoms with E-state index in [1.807, 2.05) is 20.2 Å². The van der Waals surface area contributed by atoms with Crippen molar-refractivity contribution in [2.75, 3.05) is 0 Å². The van der Waals surface area contributed by atoms with Crippen LogP contribution < -0.4 is 10.4 Å². The SMILES string of the molecule is Cc1nn(C)cc1CNC(=O)[C@@H]1[C@H]2CC[C@@H](C2)[C@@H]1C(=O)[O-]. The summed E-state index contributed by atoms with van der Waals surface area (Å²) in [6.45, 7) is 2.29. The Kier molecular flexibility index (Phi) is 3.47. The molecular weight excluding hydrogens is 270 g/mol. The van der Waals surface area contributed by atoms with E-state index in [1.54, 1.807) is 4.68 Å². The number of hydrogen-bond acceptors (Lipinski definition) is 4. The summed E-state index contributed by atoms with van der Waals surface area (Å²) < 4.78 is 1.71. The van der Waals surface area contributed by atoms with Crippen LogP contribution in [0.2, 0.25) is 0 Å². The van der Waals surface area contributed by atoms with Crippen molar-refractivity contribution in [3.05, 3.63) is 17.5 Å². The van der Waals surface area contributed by atoms with Gasteiger partial charge in [-0.1, -0.05) is 0 Å². The molecule has 114 valence electrons. The second kappa shape index (κ2) is 5.16. The quantitative estimate of drug-likeness (QED) is 0.829. The Morgan fingerprint density at radius 3 is 2.62 bits per heavy atom. The van der Waals surface area contributed by atoms with E-state index < -0.39 is 17.8 Å². The smallest absolute Gasteiger partial charge is 0.224 e. The molecule has 3 rings (SSSR count). The molecule has 6 heteroatoms. The number of carbonyl (C=O) groups excluding carboxylic acids is 2. The van der Waals surface area contributed by atoms with Crippen molar-refractivity contribution in [3.63, 3.8) is 0 Å². The van der Waals surface area contributed by atoms with Crippen molar-refractivity contribution in [2.45, 2.75) is 32.7 Å². The fourth-order valence-corrected chi connectivity index (χ4v) is 4.13. The minimum absolute atomic E-state index is 0.121. The lowest BCUT2D eigenvalue weighted by Crippen LogP contribution is -2.45. The highest BCUT2D eigenvalue weighted by Gasteiger charge is 2.51. The van der Waals surface area contributed by atoms with Crippen LogP contribution in [0.1, 0.15) is 30.5 Å². The molecule has 4 atom stereocenters. The molecule has 1 amide bonds. The van der Waals surface area contributed by atoms with E-state index in [0.29, 0.717) is 6.54 Å². The van der Waals surface area contributed by atoms with Crippen LogP contribution in [-0.2, 0) is 23.2 Å². The van der Waals surface area contributed by atoms with E-state index in [2.05, 4.69) is 10.4 Å². The van der Waals surface area contributed by atoms with Crippen LogP contribution in [0.4, 0.5) is 0 Å². The van der Waals surface area contributed by atoms with E-state index in [0.717, 1.165) is 30.5 Å². The van der Waals surface area contributed by atoms with Gasteiger partial charge in [-0.25, -0.2) is 0 Å². The highest BCUT2D eigenvalue weighted by atomic mass is 16.4. The van der Waals surface area contributed by atoms with Gasteiger partial charge in [-0.2, -0.15) is 5.10 Å². The number of aryl methyl sites for hydroxylation is 2. The van der Waals surface area contributed by atoms with Gasteiger partial charge in [0.15, 0.2) is 0 Å². The third-order valence-corrected chi connectivity index (χ3v) is 5.06. The maximum atomic E-state index is 12.4. The number of hydrogen-bond donors (Lipinski definition) is 1.